The first kappa shape index (κ1) is 15.6. The van der Waals surface area contributed by atoms with E-state index in [2.05, 4.69) is 10.6 Å². The van der Waals surface area contributed by atoms with E-state index in [0.29, 0.717) is 35.9 Å². The van der Waals surface area contributed by atoms with Crippen LogP contribution in [0.3, 0.4) is 0 Å². The number of rotatable bonds is 4. The Morgan fingerprint density at radius 1 is 1.43 bits per heavy atom. The third-order valence-corrected chi connectivity index (χ3v) is 4.73. The molecule has 21 heavy (non-hydrogen) atoms. The first-order valence-corrected chi connectivity index (χ1v) is 8.16. The van der Waals surface area contributed by atoms with Gasteiger partial charge in [-0.25, -0.2) is 9.59 Å². The lowest BCUT2D eigenvalue weighted by molar-refractivity contribution is 0.0695. The van der Waals surface area contributed by atoms with Gasteiger partial charge >= 0.3 is 12.0 Å². The average molecular weight is 314 g/mol. The van der Waals surface area contributed by atoms with Gasteiger partial charge in [-0.15, -0.1) is 0 Å². The fraction of sp³-hybridized carbons (Fsp3) is 0.538. The summed E-state index contributed by atoms with van der Waals surface area (Å²) in [4.78, 5) is 22.6. The second-order valence-corrected chi connectivity index (χ2v) is 6.63. The van der Waals surface area contributed by atoms with E-state index in [1.165, 1.54) is 6.07 Å². The van der Waals surface area contributed by atoms with Crippen LogP contribution >= 0.6 is 0 Å². The molecule has 2 heterocycles. The van der Waals surface area contributed by atoms with Crippen LogP contribution in [0, 0.1) is 6.92 Å². The van der Waals surface area contributed by atoms with Crippen LogP contribution in [-0.2, 0) is 17.3 Å². The molecule has 1 aliphatic rings. The number of urea groups is 1. The number of hydrogen-bond donors (Lipinski definition) is 3. The minimum absolute atomic E-state index is 0.0376. The van der Waals surface area contributed by atoms with E-state index in [-0.39, 0.29) is 24.2 Å². The van der Waals surface area contributed by atoms with E-state index in [1.54, 1.807) is 6.92 Å². The van der Waals surface area contributed by atoms with Crippen molar-refractivity contribution in [3.8, 4) is 0 Å². The Morgan fingerprint density at radius 3 is 2.67 bits per heavy atom. The van der Waals surface area contributed by atoms with Gasteiger partial charge in [0.25, 0.3) is 0 Å². The highest BCUT2D eigenvalue weighted by molar-refractivity contribution is 7.85. The normalized spacial score (nSPS) is 21.8. The number of nitrogens with one attached hydrogen (secondary N) is 2. The maximum absolute atomic E-state index is 11.7. The lowest BCUT2D eigenvalue weighted by Crippen LogP contribution is -2.44. The molecule has 1 fully saturated rings. The lowest BCUT2D eigenvalue weighted by Gasteiger charge is -2.22. The molecule has 0 unspecified atom stereocenters. The van der Waals surface area contributed by atoms with Crippen molar-refractivity contribution < 1.29 is 23.3 Å². The molecule has 0 saturated carbocycles. The molecular formula is C13H18N2O5S. The first-order valence-electron chi connectivity index (χ1n) is 6.67. The van der Waals surface area contributed by atoms with E-state index in [1.807, 2.05) is 0 Å². The molecule has 2 amide bonds. The van der Waals surface area contributed by atoms with Crippen molar-refractivity contribution in [3.05, 3.63) is 23.2 Å². The van der Waals surface area contributed by atoms with Gasteiger partial charge in [-0.3, -0.25) is 4.21 Å². The molecule has 0 aliphatic carbocycles. The molecule has 0 bridgehead atoms. The summed E-state index contributed by atoms with van der Waals surface area (Å²) in [7, 11) is -0.756. The maximum Gasteiger partial charge on any atom is 0.339 e. The number of aromatic carboxylic acids is 1. The van der Waals surface area contributed by atoms with E-state index >= 15 is 0 Å². The second-order valence-electron chi connectivity index (χ2n) is 4.94. The first-order chi connectivity index (χ1) is 9.95. The van der Waals surface area contributed by atoms with Crippen LogP contribution in [0.4, 0.5) is 4.79 Å². The molecule has 1 aromatic rings. The summed E-state index contributed by atoms with van der Waals surface area (Å²) in [6, 6.07) is 1.11. The third-order valence-electron chi connectivity index (χ3n) is 3.35. The Hall–Kier alpha value is -1.83. The average Bonchev–Trinajstić information content (AvgIpc) is 2.81. The molecule has 3 N–H and O–H groups in total. The molecule has 116 valence electrons. The lowest BCUT2D eigenvalue weighted by atomic mass is 10.2. The largest absolute Gasteiger partial charge is 0.478 e. The Labute approximate surface area is 124 Å². The van der Waals surface area contributed by atoms with Gasteiger partial charge in [0, 0.05) is 28.3 Å². The smallest absolute Gasteiger partial charge is 0.339 e. The molecule has 1 saturated heterocycles. The van der Waals surface area contributed by atoms with E-state index in [4.69, 9.17) is 9.52 Å². The minimum atomic E-state index is -1.05. The van der Waals surface area contributed by atoms with E-state index in [9.17, 15) is 13.8 Å². The van der Waals surface area contributed by atoms with E-state index in [0.717, 1.165) is 0 Å². The zero-order valence-corrected chi connectivity index (χ0v) is 12.5. The van der Waals surface area contributed by atoms with Gasteiger partial charge in [0.15, 0.2) is 0 Å². The van der Waals surface area contributed by atoms with Gasteiger partial charge in [-0.1, -0.05) is 0 Å². The Morgan fingerprint density at radius 2 is 2.10 bits per heavy atom. The molecule has 8 heteroatoms. The molecule has 7 nitrogen and oxygen atoms in total. The third kappa shape index (κ3) is 4.32. The summed E-state index contributed by atoms with van der Waals surface area (Å²) in [5.41, 5.74) is 0.0990. The SMILES string of the molecule is Cc1oc(CNC(=O)NC2CCS(=O)CC2)cc1C(=O)O. The monoisotopic (exact) mass is 314 g/mol. The van der Waals surface area contributed by atoms with Crippen molar-refractivity contribution in [3.63, 3.8) is 0 Å². The number of furan rings is 1. The van der Waals surface area contributed by atoms with Gasteiger partial charge in [-0.05, 0) is 25.8 Å². The van der Waals surface area contributed by atoms with E-state index < -0.39 is 16.8 Å². The fourth-order valence-electron chi connectivity index (χ4n) is 2.19. The zero-order valence-electron chi connectivity index (χ0n) is 11.7. The molecule has 0 aromatic carbocycles. The quantitative estimate of drug-likeness (QED) is 0.768. The standard InChI is InChI=1S/C13H18N2O5S/c1-8-11(12(16)17)6-10(20-8)7-14-13(18)15-9-2-4-21(19)5-3-9/h6,9H,2-5,7H2,1H3,(H,16,17)(H2,14,15,18). The molecule has 0 radical (unpaired) electrons. The van der Waals surface area contributed by atoms with Crippen molar-refractivity contribution in [2.24, 2.45) is 0 Å². The topological polar surface area (TPSA) is 109 Å². The van der Waals surface area contributed by atoms with Crippen LogP contribution in [0.5, 0.6) is 0 Å². The highest BCUT2D eigenvalue weighted by Crippen LogP contribution is 2.14. The maximum atomic E-state index is 11.7. The van der Waals surface area contributed by atoms with Gasteiger partial charge in [0.1, 0.15) is 17.1 Å². The summed E-state index contributed by atoms with van der Waals surface area (Å²) >= 11 is 0. The van der Waals surface area contributed by atoms with Crippen LogP contribution in [-0.4, -0.2) is 38.9 Å². The number of aryl methyl sites for hydroxylation is 1. The van der Waals surface area contributed by atoms with Crippen molar-refractivity contribution in [1.82, 2.24) is 10.6 Å². The molecule has 1 aliphatic heterocycles. The summed E-state index contributed by atoms with van der Waals surface area (Å²) in [5.74, 6) is 0.885. The van der Waals surface area contributed by atoms with Crippen molar-refractivity contribution in [1.29, 1.82) is 0 Å². The summed E-state index contributed by atoms with van der Waals surface area (Å²) in [5, 5.41) is 14.3. The fourth-order valence-corrected chi connectivity index (χ4v) is 3.48. The van der Waals surface area contributed by atoms with Crippen LogP contribution < -0.4 is 10.6 Å². The molecule has 0 atom stereocenters. The summed E-state index contributed by atoms with van der Waals surface area (Å²) < 4.78 is 16.5. The van der Waals surface area contributed by atoms with Gasteiger partial charge < -0.3 is 20.2 Å². The van der Waals surface area contributed by atoms with Gasteiger partial charge in [0.05, 0.1) is 6.54 Å². The highest BCUT2D eigenvalue weighted by Gasteiger charge is 2.19. The summed E-state index contributed by atoms with van der Waals surface area (Å²) in [6.07, 6.45) is 1.42. The number of amides is 2. The number of carboxylic acids is 1. The second kappa shape index (κ2) is 6.75. The van der Waals surface area contributed by atoms with Crippen molar-refractivity contribution >= 4 is 22.8 Å². The van der Waals surface area contributed by atoms with Gasteiger partial charge in [0.2, 0.25) is 0 Å². The number of carboxylic acid groups (broad SMARTS) is 1. The van der Waals surface area contributed by atoms with Gasteiger partial charge in [-0.2, -0.15) is 0 Å². The van der Waals surface area contributed by atoms with Crippen LogP contribution in [0.1, 0.15) is 34.7 Å². The summed E-state index contributed by atoms with van der Waals surface area (Å²) in [6.45, 7) is 1.69. The molecule has 0 spiro atoms. The Bertz CT molecular complexity index is 559. The molecule has 2 rings (SSSR count). The Balaban J connectivity index is 1.80. The minimum Gasteiger partial charge on any atom is -0.478 e. The number of hydrogen-bond acceptors (Lipinski definition) is 4. The highest BCUT2D eigenvalue weighted by atomic mass is 32.2. The van der Waals surface area contributed by atoms with Crippen molar-refractivity contribution in [2.75, 3.05) is 11.5 Å². The van der Waals surface area contributed by atoms with Crippen LogP contribution in [0.25, 0.3) is 0 Å². The predicted molar refractivity (Wildman–Crippen MR) is 76.7 cm³/mol. The number of carbonyl (C=O) groups is 2. The number of carbonyl (C=O) groups excluding carboxylic acids is 1. The predicted octanol–water partition coefficient (Wildman–Crippen LogP) is 0.997. The van der Waals surface area contributed by atoms with Crippen LogP contribution in [0.2, 0.25) is 0 Å². The molecule has 1 aromatic heterocycles. The zero-order chi connectivity index (χ0) is 15.4. The molecular weight excluding hydrogens is 296 g/mol. The van der Waals surface area contributed by atoms with Crippen LogP contribution in [0.15, 0.2) is 10.5 Å². The Kier molecular flexibility index (Phi) is 5.00. The van der Waals surface area contributed by atoms with Crippen molar-refractivity contribution in [2.45, 2.75) is 32.4 Å².